The number of hydrogen-bond donors (Lipinski definition) is 1. The standard InChI is InChI=1S/C16H16O5/c1-20-14-9-12(7-8-13(14)17)15(18)16(19)21-10-11-5-3-2-4-6-11/h2-9,13-14,17H,10H2,1H3. The number of carbonyl (C=O) groups excluding carboxylic acids is 2. The fourth-order valence-corrected chi connectivity index (χ4v) is 1.91. The van der Waals surface area contributed by atoms with Gasteiger partial charge in [0.1, 0.15) is 18.8 Å². The molecule has 1 N–H and O–H groups in total. The van der Waals surface area contributed by atoms with E-state index in [1.165, 1.54) is 25.3 Å². The highest BCUT2D eigenvalue weighted by atomic mass is 16.5. The Balaban J connectivity index is 1.97. The van der Waals surface area contributed by atoms with Crippen molar-refractivity contribution in [2.45, 2.75) is 18.8 Å². The van der Waals surface area contributed by atoms with Gasteiger partial charge in [-0.05, 0) is 11.6 Å². The highest BCUT2D eigenvalue weighted by Crippen LogP contribution is 2.15. The normalized spacial score (nSPS) is 20.8. The zero-order chi connectivity index (χ0) is 15.2. The molecule has 0 amide bonds. The number of methoxy groups -OCH3 is 1. The van der Waals surface area contributed by atoms with Crippen LogP contribution in [0.5, 0.6) is 0 Å². The van der Waals surface area contributed by atoms with Crippen LogP contribution in [0.2, 0.25) is 0 Å². The van der Waals surface area contributed by atoms with Crippen molar-refractivity contribution in [3.8, 4) is 0 Å². The number of aliphatic hydroxyl groups is 1. The average Bonchev–Trinajstić information content (AvgIpc) is 2.53. The van der Waals surface area contributed by atoms with Crippen LogP contribution in [0.1, 0.15) is 5.56 Å². The number of esters is 1. The molecule has 5 heteroatoms. The Morgan fingerprint density at radius 2 is 1.95 bits per heavy atom. The van der Waals surface area contributed by atoms with Crippen LogP contribution in [0.4, 0.5) is 0 Å². The Hall–Kier alpha value is -2.24. The summed E-state index contributed by atoms with van der Waals surface area (Å²) in [4.78, 5) is 23.7. The quantitative estimate of drug-likeness (QED) is 0.650. The SMILES string of the molecule is COC1C=C(C(=O)C(=O)OCc2ccccc2)C=CC1O. The second kappa shape index (κ2) is 6.97. The van der Waals surface area contributed by atoms with Gasteiger partial charge in [-0.15, -0.1) is 0 Å². The van der Waals surface area contributed by atoms with Gasteiger partial charge in [-0.1, -0.05) is 42.5 Å². The van der Waals surface area contributed by atoms with E-state index in [1.807, 2.05) is 18.2 Å². The monoisotopic (exact) mass is 288 g/mol. The minimum Gasteiger partial charge on any atom is -0.455 e. The predicted octanol–water partition coefficient (Wildman–Crippen LogP) is 1.17. The molecule has 2 atom stereocenters. The summed E-state index contributed by atoms with van der Waals surface area (Å²) >= 11 is 0. The molecule has 2 unspecified atom stereocenters. The maximum atomic E-state index is 12.0. The molecule has 1 aliphatic carbocycles. The summed E-state index contributed by atoms with van der Waals surface area (Å²) in [5.41, 5.74) is 0.960. The minimum atomic E-state index is -0.930. The first-order chi connectivity index (χ1) is 10.1. The molecule has 5 nitrogen and oxygen atoms in total. The molecular weight excluding hydrogens is 272 g/mol. The number of ketones is 1. The summed E-state index contributed by atoms with van der Waals surface area (Å²) in [6.45, 7) is 0.0404. The lowest BCUT2D eigenvalue weighted by atomic mass is 9.99. The van der Waals surface area contributed by atoms with Crippen LogP contribution in [0.25, 0.3) is 0 Å². The highest BCUT2D eigenvalue weighted by Gasteiger charge is 2.25. The topological polar surface area (TPSA) is 72.8 Å². The van der Waals surface area contributed by atoms with Gasteiger partial charge in [0.05, 0.1) is 0 Å². The third kappa shape index (κ3) is 3.87. The smallest absolute Gasteiger partial charge is 0.379 e. The summed E-state index contributed by atoms with van der Waals surface area (Å²) < 4.78 is 9.98. The molecule has 0 fully saturated rings. The molecule has 110 valence electrons. The molecule has 0 saturated heterocycles. The van der Waals surface area contributed by atoms with Crippen LogP contribution in [0.3, 0.4) is 0 Å². The summed E-state index contributed by atoms with van der Waals surface area (Å²) in [6, 6.07) is 9.10. The zero-order valence-corrected chi connectivity index (χ0v) is 11.6. The first kappa shape index (κ1) is 15.2. The number of Topliss-reactive ketones (excluding diaryl/α,β-unsaturated/α-hetero) is 1. The molecule has 1 aromatic rings. The van der Waals surface area contributed by atoms with Crippen molar-refractivity contribution in [1.29, 1.82) is 0 Å². The van der Waals surface area contributed by atoms with Crippen molar-refractivity contribution in [3.63, 3.8) is 0 Å². The molecule has 0 saturated carbocycles. The van der Waals surface area contributed by atoms with Crippen molar-refractivity contribution in [3.05, 3.63) is 59.7 Å². The second-order valence-corrected chi connectivity index (χ2v) is 4.56. The zero-order valence-electron chi connectivity index (χ0n) is 11.6. The van der Waals surface area contributed by atoms with Gasteiger partial charge in [0.2, 0.25) is 0 Å². The van der Waals surface area contributed by atoms with Crippen molar-refractivity contribution in [2.75, 3.05) is 7.11 Å². The van der Waals surface area contributed by atoms with Crippen molar-refractivity contribution >= 4 is 11.8 Å². The van der Waals surface area contributed by atoms with Crippen molar-refractivity contribution in [2.24, 2.45) is 0 Å². The fraction of sp³-hybridized carbons (Fsp3) is 0.250. The van der Waals surface area contributed by atoms with E-state index in [0.717, 1.165) is 5.56 Å². The number of hydrogen-bond acceptors (Lipinski definition) is 5. The fourth-order valence-electron chi connectivity index (χ4n) is 1.91. The Kier molecular flexibility index (Phi) is 5.03. The van der Waals surface area contributed by atoms with E-state index in [0.29, 0.717) is 0 Å². The number of allylic oxidation sites excluding steroid dienone is 1. The maximum Gasteiger partial charge on any atom is 0.379 e. The van der Waals surface area contributed by atoms with Gasteiger partial charge in [-0.2, -0.15) is 0 Å². The molecule has 0 heterocycles. The molecule has 0 spiro atoms. The lowest BCUT2D eigenvalue weighted by molar-refractivity contribution is -0.153. The lowest BCUT2D eigenvalue weighted by Crippen LogP contribution is -2.29. The van der Waals surface area contributed by atoms with Gasteiger partial charge in [-0.3, -0.25) is 4.79 Å². The molecule has 0 aromatic heterocycles. The van der Waals surface area contributed by atoms with Crippen molar-refractivity contribution < 1.29 is 24.2 Å². The van der Waals surface area contributed by atoms with E-state index >= 15 is 0 Å². The van der Waals surface area contributed by atoms with Crippen LogP contribution in [-0.2, 0) is 25.7 Å². The molecule has 1 aliphatic rings. The second-order valence-electron chi connectivity index (χ2n) is 4.56. The first-order valence-electron chi connectivity index (χ1n) is 6.48. The van der Waals surface area contributed by atoms with Gasteiger partial charge >= 0.3 is 5.97 Å². The van der Waals surface area contributed by atoms with E-state index in [2.05, 4.69) is 0 Å². The molecule has 0 bridgehead atoms. The van der Waals surface area contributed by atoms with Crippen LogP contribution >= 0.6 is 0 Å². The largest absolute Gasteiger partial charge is 0.455 e. The van der Waals surface area contributed by atoms with Gasteiger partial charge in [-0.25, -0.2) is 4.79 Å². The summed E-state index contributed by atoms with van der Waals surface area (Å²) in [6.07, 6.45) is 2.75. The first-order valence-corrected chi connectivity index (χ1v) is 6.48. The van der Waals surface area contributed by atoms with Crippen LogP contribution in [0.15, 0.2) is 54.1 Å². The van der Waals surface area contributed by atoms with E-state index in [-0.39, 0.29) is 12.2 Å². The van der Waals surface area contributed by atoms with Gasteiger partial charge in [0.25, 0.3) is 5.78 Å². The molecule has 0 radical (unpaired) electrons. The summed E-state index contributed by atoms with van der Waals surface area (Å²) in [5.74, 6) is -1.68. The van der Waals surface area contributed by atoms with E-state index in [1.54, 1.807) is 12.1 Å². The third-order valence-electron chi connectivity index (χ3n) is 3.09. The van der Waals surface area contributed by atoms with Gasteiger partial charge < -0.3 is 14.6 Å². The van der Waals surface area contributed by atoms with E-state index < -0.39 is 24.0 Å². The Bertz CT molecular complexity index is 574. The van der Waals surface area contributed by atoms with Gasteiger partial charge in [0, 0.05) is 12.7 Å². The minimum absolute atomic E-state index is 0.0404. The molecular formula is C16H16O5. The third-order valence-corrected chi connectivity index (χ3v) is 3.09. The molecule has 2 rings (SSSR count). The Morgan fingerprint density at radius 3 is 2.62 bits per heavy atom. The van der Waals surface area contributed by atoms with Crippen LogP contribution in [-0.4, -0.2) is 36.2 Å². The molecule has 21 heavy (non-hydrogen) atoms. The summed E-state index contributed by atoms with van der Waals surface area (Å²) in [7, 11) is 1.42. The predicted molar refractivity (Wildman–Crippen MR) is 75.3 cm³/mol. The number of benzene rings is 1. The Morgan fingerprint density at radius 1 is 1.24 bits per heavy atom. The van der Waals surface area contributed by atoms with Gasteiger partial charge in [0.15, 0.2) is 0 Å². The number of ether oxygens (including phenoxy) is 2. The van der Waals surface area contributed by atoms with E-state index in [4.69, 9.17) is 9.47 Å². The van der Waals surface area contributed by atoms with E-state index in [9.17, 15) is 14.7 Å². The number of carbonyl (C=O) groups is 2. The number of aliphatic hydroxyl groups excluding tert-OH is 1. The van der Waals surface area contributed by atoms with Crippen LogP contribution < -0.4 is 0 Å². The van der Waals surface area contributed by atoms with Crippen LogP contribution in [0, 0.1) is 0 Å². The summed E-state index contributed by atoms with van der Waals surface area (Å²) in [5, 5.41) is 9.58. The van der Waals surface area contributed by atoms with Crippen molar-refractivity contribution in [1.82, 2.24) is 0 Å². The molecule has 0 aliphatic heterocycles. The molecule has 1 aromatic carbocycles. The maximum absolute atomic E-state index is 12.0. The number of rotatable bonds is 5. The average molecular weight is 288 g/mol. The Labute approximate surface area is 122 Å². The lowest BCUT2D eigenvalue weighted by Gasteiger charge is -2.19. The highest BCUT2D eigenvalue weighted by molar-refractivity contribution is 6.41.